The van der Waals surface area contributed by atoms with Gasteiger partial charge in [0.25, 0.3) is 0 Å². The number of carboxylic acid groups (broad SMARTS) is 1. The predicted molar refractivity (Wildman–Crippen MR) is 100 cm³/mol. The molecule has 2 aromatic carbocycles. The summed E-state index contributed by atoms with van der Waals surface area (Å²) in [6, 6.07) is 14.9. The minimum absolute atomic E-state index is 0.152. The molecule has 0 amide bonds. The topological polar surface area (TPSA) is 117 Å². The van der Waals surface area contributed by atoms with E-state index in [9.17, 15) is 9.90 Å². The molecule has 134 valence electrons. The second-order valence-electron chi connectivity index (χ2n) is 5.97. The van der Waals surface area contributed by atoms with Crippen molar-refractivity contribution in [3.63, 3.8) is 0 Å². The number of aromatic nitrogens is 5. The third-order valence-corrected chi connectivity index (χ3v) is 4.08. The molecule has 4 aromatic rings. The first-order valence-electron chi connectivity index (χ1n) is 8.33. The molecule has 4 rings (SSSR count). The fraction of sp³-hybridized carbons (Fsp3) is 0.105. The fourth-order valence-corrected chi connectivity index (χ4v) is 2.83. The minimum atomic E-state index is -1.02. The van der Waals surface area contributed by atoms with Gasteiger partial charge in [-0.2, -0.15) is 15.1 Å². The summed E-state index contributed by atoms with van der Waals surface area (Å²) in [5.41, 5.74) is 2.19. The molecule has 3 N–H and O–H groups in total. The van der Waals surface area contributed by atoms with Gasteiger partial charge in [-0.1, -0.05) is 42.5 Å². The third-order valence-electron chi connectivity index (χ3n) is 4.08. The van der Waals surface area contributed by atoms with Gasteiger partial charge in [-0.05, 0) is 18.6 Å². The molecule has 27 heavy (non-hydrogen) atoms. The number of nitrogens with one attached hydrogen (secondary N) is 2. The minimum Gasteiger partial charge on any atom is -0.478 e. The average Bonchev–Trinajstić information content (AvgIpc) is 3.11. The number of para-hydroxylation sites is 1. The van der Waals surface area contributed by atoms with Crippen molar-refractivity contribution in [2.75, 3.05) is 5.32 Å². The summed E-state index contributed by atoms with van der Waals surface area (Å²) in [4.78, 5) is 24.5. The maximum Gasteiger partial charge on any atom is 0.337 e. The van der Waals surface area contributed by atoms with Crippen LogP contribution in [0.15, 0.2) is 48.5 Å². The quantitative estimate of drug-likeness (QED) is 0.501. The molecule has 8 heteroatoms. The van der Waals surface area contributed by atoms with Crippen LogP contribution in [0.3, 0.4) is 0 Å². The van der Waals surface area contributed by atoms with Gasteiger partial charge in [0.05, 0.1) is 11.1 Å². The highest BCUT2D eigenvalue weighted by Crippen LogP contribution is 2.26. The van der Waals surface area contributed by atoms with E-state index in [4.69, 9.17) is 0 Å². The largest absolute Gasteiger partial charge is 0.478 e. The van der Waals surface area contributed by atoms with Gasteiger partial charge in [-0.25, -0.2) is 9.78 Å². The first-order valence-corrected chi connectivity index (χ1v) is 8.33. The van der Waals surface area contributed by atoms with Crippen molar-refractivity contribution < 1.29 is 9.90 Å². The van der Waals surface area contributed by atoms with E-state index in [0.29, 0.717) is 40.7 Å². The summed E-state index contributed by atoms with van der Waals surface area (Å²) in [5, 5.41) is 20.2. The lowest BCUT2D eigenvalue weighted by Crippen LogP contribution is -2.07. The third kappa shape index (κ3) is 3.32. The van der Waals surface area contributed by atoms with Gasteiger partial charge in [0.2, 0.25) is 5.95 Å². The van der Waals surface area contributed by atoms with Crippen LogP contribution >= 0.6 is 0 Å². The number of anilines is 1. The molecular weight excluding hydrogens is 344 g/mol. The number of aromatic amines is 1. The van der Waals surface area contributed by atoms with E-state index in [2.05, 4.69) is 30.5 Å². The lowest BCUT2D eigenvalue weighted by Gasteiger charge is -2.07. The lowest BCUT2D eigenvalue weighted by molar-refractivity contribution is 0.0699. The lowest BCUT2D eigenvalue weighted by atomic mass is 10.1. The SMILES string of the molecule is Cc1nc(NCc2ccccc2)nc(-c2n[nH]c3c(C(=O)O)cccc23)n1. The van der Waals surface area contributed by atoms with Crippen molar-refractivity contribution in [2.45, 2.75) is 13.5 Å². The Morgan fingerprint density at radius 3 is 2.67 bits per heavy atom. The van der Waals surface area contributed by atoms with E-state index < -0.39 is 5.97 Å². The molecule has 0 saturated carbocycles. The van der Waals surface area contributed by atoms with Gasteiger partial charge < -0.3 is 10.4 Å². The van der Waals surface area contributed by atoms with Crippen molar-refractivity contribution in [3.8, 4) is 11.5 Å². The number of hydrogen-bond acceptors (Lipinski definition) is 6. The molecule has 0 unspecified atom stereocenters. The highest BCUT2D eigenvalue weighted by Gasteiger charge is 2.17. The zero-order chi connectivity index (χ0) is 18.8. The first-order chi connectivity index (χ1) is 13.1. The predicted octanol–water partition coefficient (Wildman–Crippen LogP) is 3.03. The Balaban J connectivity index is 1.70. The normalized spacial score (nSPS) is 10.9. The Morgan fingerprint density at radius 1 is 1.07 bits per heavy atom. The number of H-pyrrole nitrogens is 1. The number of benzene rings is 2. The molecule has 0 spiro atoms. The van der Waals surface area contributed by atoms with E-state index in [0.717, 1.165) is 5.56 Å². The van der Waals surface area contributed by atoms with Crippen LogP contribution in [0.4, 0.5) is 5.95 Å². The van der Waals surface area contributed by atoms with Gasteiger partial charge >= 0.3 is 5.97 Å². The molecular formula is C19H16N6O2. The van der Waals surface area contributed by atoms with E-state index in [-0.39, 0.29) is 5.56 Å². The molecule has 0 bridgehead atoms. The van der Waals surface area contributed by atoms with Crippen LogP contribution in [-0.2, 0) is 6.54 Å². The Kier molecular flexibility index (Phi) is 4.21. The summed E-state index contributed by atoms with van der Waals surface area (Å²) in [6.45, 7) is 2.35. The number of aryl methyl sites for hydroxylation is 1. The highest BCUT2D eigenvalue weighted by atomic mass is 16.4. The van der Waals surface area contributed by atoms with Crippen molar-refractivity contribution in [1.29, 1.82) is 0 Å². The molecule has 8 nitrogen and oxygen atoms in total. The number of nitrogens with zero attached hydrogens (tertiary/aromatic N) is 4. The number of carbonyl (C=O) groups is 1. The Bertz CT molecular complexity index is 1120. The average molecular weight is 360 g/mol. The summed E-state index contributed by atoms with van der Waals surface area (Å²) >= 11 is 0. The summed E-state index contributed by atoms with van der Waals surface area (Å²) < 4.78 is 0. The van der Waals surface area contributed by atoms with Crippen LogP contribution < -0.4 is 5.32 Å². The fourth-order valence-electron chi connectivity index (χ4n) is 2.83. The van der Waals surface area contributed by atoms with Crippen molar-refractivity contribution in [3.05, 3.63) is 65.5 Å². The van der Waals surface area contributed by atoms with E-state index in [1.54, 1.807) is 19.1 Å². The van der Waals surface area contributed by atoms with Gasteiger partial charge in [-0.15, -0.1) is 0 Å². The van der Waals surface area contributed by atoms with Gasteiger partial charge in [0, 0.05) is 11.9 Å². The zero-order valence-electron chi connectivity index (χ0n) is 14.5. The zero-order valence-corrected chi connectivity index (χ0v) is 14.5. The van der Waals surface area contributed by atoms with Gasteiger partial charge in [0.15, 0.2) is 5.82 Å². The molecule has 0 radical (unpaired) electrons. The number of rotatable bonds is 5. The second-order valence-corrected chi connectivity index (χ2v) is 5.97. The first kappa shape index (κ1) is 16.6. The molecule has 2 heterocycles. The van der Waals surface area contributed by atoms with Crippen molar-refractivity contribution in [2.24, 2.45) is 0 Å². The van der Waals surface area contributed by atoms with Gasteiger partial charge in [0.1, 0.15) is 11.5 Å². The number of carboxylic acids is 1. The van der Waals surface area contributed by atoms with Crippen LogP contribution in [0.5, 0.6) is 0 Å². The molecule has 0 atom stereocenters. The maximum absolute atomic E-state index is 11.4. The number of fused-ring (bicyclic) bond motifs is 1. The Morgan fingerprint density at radius 2 is 1.89 bits per heavy atom. The standard InChI is InChI=1S/C19H16N6O2/c1-11-21-17(23-19(22-11)20-10-12-6-3-2-4-7-12)16-13-8-5-9-14(18(26)27)15(13)24-25-16/h2-9H,10H2,1H3,(H,24,25)(H,26,27)(H,20,21,22,23). The Labute approximate surface area is 154 Å². The maximum atomic E-state index is 11.4. The summed E-state index contributed by atoms with van der Waals surface area (Å²) in [5.74, 6) is 0.340. The van der Waals surface area contributed by atoms with E-state index in [1.807, 2.05) is 30.3 Å². The van der Waals surface area contributed by atoms with Crippen molar-refractivity contribution >= 4 is 22.8 Å². The molecule has 0 aliphatic carbocycles. The molecule has 0 fully saturated rings. The summed E-state index contributed by atoms with van der Waals surface area (Å²) in [7, 11) is 0. The number of aromatic carboxylic acids is 1. The van der Waals surface area contributed by atoms with Crippen LogP contribution in [0, 0.1) is 6.92 Å². The van der Waals surface area contributed by atoms with E-state index >= 15 is 0 Å². The van der Waals surface area contributed by atoms with Gasteiger partial charge in [-0.3, -0.25) is 5.10 Å². The van der Waals surface area contributed by atoms with Crippen molar-refractivity contribution in [1.82, 2.24) is 25.1 Å². The molecule has 0 aliphatic rings. The monoisotopic (exact) mass is 360 g/mol. The van der Waals surface area contributed by atoms with Crippen LogP contribution in [-0.4, -0.2) is 36.2 Å². The van der Waals surface area contributed by atoms with Crippen LogP contribution in [0.25, 0.3) is 22.4 Å². The molecule has 0 aliphatic heterocycles. The van der Waals surface area contributed by atoms with Crippen LogP contribution in [0.1, 0.15) is 21.7 Å². The Hall–Kier alpha value is -3.81. The number of hydrogen-bond donors (Lipinski definition) is 3. The molecule has 0 saturated heterocycles. The molecule has 2 aromatic heterocycles. The smallest absolute Gasteiger partial charge is 0.337 e. The highest BCUT2D eigenvalue weighted by molar-refractivity contribution is 6.05. The summed E-state index contributed by atoms with van der Waals surface area (Å²) in [6.07, 6.45) is 0. The van der Waals surface area contributed by atoms with Crippen LogP contribution in [0.2, 0.25) is 0 Å². The second kappa shape index (κ2) is 6.83. The van der Waals surface area contributed by atoms with E-state index in [1.165, 1.54) is 6.07 Å².